The average Bonchev–Trinajstić information content (AvgIpc) is 2.72. The van der Waals surface area contributed by atoms with E-state index in [1.165, 1.54) is 5.56 Å². The number of nitrogens with zero attached hydrogens (tertiary/aromatic N) is 2. The van der Waals surface area contributed by atoms with Crippen molar-refractivity contribution >= 4 is 0 Å². The normalized spacial score (nSPS) is 15.7. The molecule has 0 radical (unpaired) electrons. The summed E-state index contributed by atoms with van der Waals surface area (Å²) in [5.74, 6) is 0. The van der Waals surface area contributed by atoms with E-state index >= 15 is 0 Å². The van der Waals surface area contributed by atoms with Gasteiger partial charge in [-0.3, -0.25) is 4.68 Å². The first kappa shape index (κ1) is 15.2. The SMILES string of the molecule is CCCn1cc(C(NC)C(OC)C(C)(C)C)cn1. The van der Waals surface area contributed by atoms with Gasteiger partial charge in [0.25, 0.3) is 0 Å². The Kier molecular flexibility index (Phi) is 5.35. The second-order valence-corrected chi connectivity index (χ2v) is 5.83. The summed E-state index contributed by atoms with van der Waals surface area (Å²) in [6.07, 6.45) is 5.26. The Morgan fingerprint density at radius 1 is 1.44 bits per heavy atom. The number of hydrogen-bond acceptors (Lipinski definition) is 3. The van der Waals surface area contributed by atoms with E-state index in [0.29, 0.717) is 0 Å². The maximum Gasteiger partial charge on any atom is 0.0815 e. The van der Waals surface area contributed by atoms with Crippen molar-refractivity contribution < 1.29 is 4.74 Å². The lowest BCUT2D eigenvalue weighted by atomic mass is 9.82. The minimum atomic E-state index is 0.0787. The summed E-state index contributed by atoms with van der Waals surface area (Å²) >= 11 is 0. The second-order valence-electron chi connectivity index (χ2n) is 5.83. The average molecular weight is 253 g/mol. The molecule has 0 bridgehead atoms. The molecule has 1 N–H and O–H groups in total. The van der Waals surface area contributed by atoms with Gasteiger partial charge in [0.2, 0.25) is 0 Å². The smallest absolute Gasteiger partial charge is 0.0815 e. The molecule has 0 spiro atoms. The molecule has 104 valence electrons. The minimum Gasteiger partial charge on any atom is -0.379 e. The van der Waals surface area contributed by atoms with Gasteiger partial charge in [0.05, 0.1) is 18.3 Å². The molecule has 1 heterocycles. The number of aromatic nitrogens is 2. The number of methoxy groups -OCH3 is 1. The fourth-order valence-electron chi connectivity index (χ4n) is 2.37. The fraction of sp³-hybridized carbons (Fsp3) is 0.786. The Labute approximate surface area is 111 Å². The van der Waals surface area contributed by atoms with E-state index in [4.69, 9.17) is 4.74 Å². The molecule has 18 heavy (non-hydrogen) atoms. The van der Waals surface area contributed by atoms with Gasteiger partial charge < -0.3 is 10.1 Å². The first-order chi connectivity index (χ1) is 8.43. The van der Waals surface area contributed by atoms with Gasteiger partial charge in [0.1, 0.15) is 0 Å². The Morgan fingerprint density at radius 3 is 2.56 bits per heavy atom. The summed E-state index contributed by atoms with van der Waals surface area (Å²) in [5, 5.41) is 7.75. The molecule has 0 saturated carbocycles. The lowest BCUT2D eigenvalue weighted by Crippen LogP contribution is -2.40. The summed E-state index contributed by atoms with van der Waals surface area (Å²) in [5.41, 5.74) is 1.27. The van der Waals surface area contributed by atoms with Gasteiger partial charge in [0.15, 0.2) is 0 Å². The number of hydrogen-bond donors (Lipinski definition) is 1. The lowest BCUT2D eigenvalue weighted by molar-refractivity contribution is -0.0102. The zero-order valence-electron chi connectivity index (χ0n) is 12.5. The van der Waals surface area contributed by atoms with Crippen LogP contribution in [0.25, 0.3) is 0 Å². The van der Waals surface area contributed by atoms with E-state index in [9.17, 15) is 0 Å². The first-order valence-corrected chi connectivity index (χ1v) is 6.66. The molecule has 0 aliphatic rings. The van der Waals surface area contributed by atoms with Crippen LogP contribution in [0.1, 0.15) is 45.7 Å². The van der Waals surface area contributed by atoms with Gasteiger partial charge in [-0.2, -0.15) is 5.10 Å². The third-order valence-corrected chi connectivity index (χ3v) is 3.19. The van der Waals surface area contributed by atoms with Gasteiger partial charge in [-0.15, -0.1) is 0 Å². The molecule has 0 amide bonds. The lowest BCUT2D eigenvalue weighted by Gasteiger charge is -2.35. The fourth-order valence-corrected chi connectivity index (χ4v) is 2.37. The highest BCUT2D eigenvalue weighted by Crippen LogP contribution is 2.32. The monoisotopic (exact) mass is 253 g/mol. The van der Waals surface area contributed by atoms with E-state index in [2.05, 4.69) is 44.3 Å². The Morgan fingerprint density at radius 2 is 2.11 bits per heavy atom. The number of ether oxygens (including phenoxy) is 1. The third kappa shape index (κ3) is 3.56. The molecule has 0 aromatic carbocycles. The van der Waals surface area contributed by atoms with Crippen LogP contribution in [-0.4, -0.2) is 30.0 Å². The molecule has 4 nitrogen and oxygen atoms in total. The maximum atomic E-state index is 5.69. The first-order valence-electron chi connectivity index (χ1n) is 6.66. The molecule has 0 aliphatic carbocycles. The zero-order chi connectivity index (χ0) is 13.8. The van der Waals surface area contributed by atoms with Crippen molar-refractivity contribution in [2.24, 2.45) is 5.41 Å². The van der Waals surface area contributed by atoms with Crippen molar-refractivity contribution in [3.63, 3.8) is 0 Å². The van der Waals surface area contributed by atoms with Crippen LogP contribution in [0.4, 0.5) is 0 Å². The van der Waals surface area contributed by atoms with E-state index in [0.717, 1.165) is 13.0 Å². The van der Waals surface area contributed by atoms with Crippen LogP contribution in [0.15, 0.2) is 12.4 Å². The molecule has 1 rings (SSSR count). The molecule has 1 aromatic heterocycles. The molecule has 0 fully saturated rings. The van der Waals surface area contributed by atoms with E-state index in [1.54, 1.807) is 7.11 Å². The highest BCUT2D eigenvalue weighted by atomic mass is 16.5. The third-order valence-electron chi connectivity index (χ3n) is 3.19. The number of likely N-dealkylation sites (N-methyl/N-ethyl adjacent to an activating group) is 1. The molecule has 2 atom stereocenters. The van der Waals surface area contributed by atoms with Crippen LogP contribution in [0.5, 0.6) is 0 Å². The largest absolute Gasteiger partial charge is 0.379 e. The van der Waals surface area contributed by atoms with E-state index in [-0.39, 0.29) is 17.6 Å². The predicted molar refractivity (Wildman–Crippen MR) is 74.6 cm³/mol. The Bertz CT molecular complexity index is 354. The van der Waals surface area contributed by atoms with Gasteiger partial charge in [-0.25, -0.2) is 0 Å². The van der Waals surface area contributed by atoms with Crippen molar-refractivity contribution in [1.29, 1.82) is 0 Å². The molecule has 0 saturated heterocycles. The summed E-state index contributed by atoms with van der Waals surface area (Å²) in [6.45, 7) is 9.71. The molecule has 0 aliphatic heterocycles. The Hall–Kier alpha value is -0.870. The molecular weight excluding hydrogens is 226 g/mol. The highest BCUT2D eigenvalue weighted by Gasteiger charge is 2.33. The van der Waals surface area contributed by atoms with Crippen molar-refractivity contribution in [1.82, 2.24) is 15.1 Å². The number of rotatable bonds is 6. The topological polar surface area (TPSA) is 39.1 Å². The summed E-state index contributed by atoms with van der Waals surface area (Å²) in [6, 6.07) is 0.167. The van der Waals surface area contributed by atoms with Crippen molar-refractivity contribution in [3.8, 4) is 0 Å². The van der Waals surface area contributed by atoms with Crippen LogP contribution in [0.3, 0.4) is 0 Å². The molecule has 2 unspecified atom stereocenters. The summed E-state index contributed by atoms with van der Waals surface area (Å²) in [4.78, 5) is 0. The molecule has 1 aromatic rings. The maximum absolute atomic E-state index is 5.69. The van der Waals surface area contributed by atoms with Crippen molar-refractivity contribution in [2.75, 3.05) is 14.2 Å². The van der Waals surface area contributed by atoms with Gasteiger partial charge in [0, 0.05) is 25.4 Å². The highest BCUT2D eigenvalue weighted by molar-refractivity contribution is 5.13. The van der Waals surface area contributed by atoms with Gasteiger partial charge in [-0.05, 0) is 18.9 Å². The van der Waals surface area contributed by atoms with Crippen LogP contribution in [0, 0.1) is 5.41 Å². The van der Waals surface area contributed by atoms with Gasteiger partial charge >= 0.3 is 0 Å². The standard InChI is InChI=1S/C14H27N3O/c1-7-8-17-10-11(9-16-17)12(15-5)13(18-6)14(2,3)4/h9-10,12-13,15H,7-8H2,1-6H3. The summed E-state index contributed by atoms with van der Waals surface area (Å²) < 4.78 is 7.69. The number of nitrogens with one attached hydrogen (secondary N) is 1. The van der Waals surface area contributed by atoms with Crippen LogP contribution < -0.4 is 5.32 Å². The summed E-state index contributed by atoms with van der Waals surface area (Å²) in [7, 11) is 3.75. The van der Waals surface area contributed by atoms with Crippen LogP contribution >= 0.6 is 0 Å². The zero-order valence-corrected chi connectivity index (χ0v) is 12.5. The van der Waals surface area contributed by atoms with Crippen LogP contribution in [-0.2, 0) is 11.3 Å². The van der Waals surface area contributed by atoms with Crippen molar-refractivity contribution in [2.45, 2.75) is 52.8 Å². The quantitative estimate of drug-likeness (QED) is 0.847. The molecule has 4 heteroatoms. The minimum absolute atomic E-state index is 0.0787. The van der Waals surface area contributed by atoms with Crippen LogP contribution in [0.2, 0.25) is 0 Å². The van der Waals surface area contributed by atoms with Crippen molar-refractivity contribution in [3.05, 3.63) is 18.0 Å². The molecular formula is C14H27N3O. The van der Waals surface area contributed by atoms with E-state index < -0.39 is 0 Å². The van der Waals surface area contributed by atoms with E-state index in [1.807, 2.05) is 17.9 Å². The predicted octanol–water partition coefficient (Wildman–Crippen LogP) is 2.61. The Balaban J connectivity index is 2.93. The number of aryl methyl sites for hydroxylation is 1. The van der Waals surface area contributed by atoms with Gasteiger partial charge in [-0.1, -0.05) is 27.7 Å². The second kappa shape index (κ2) is 6.34.